The average molecular weight is 306 g/mol. The van der Waals surface area contributed by atoms with Crippen LogP contribution in [-0.4, -0.2) is 0 Å². The van der Waals surface area contributed by atoms with Crippen molar-refractivity contribution in [2.75, 3.05) is 5.73 Å². The summed E-state index contributed by atoms with van der Waals surface area (Å²) in [7, 11) is 0. The molecule has 0 bridgehead atoms. The van der Waals surface area contributed by atoms with Gasteiger partial charge in [0, 0.05) is 5.69 Å². The van der Waals surface area contributed by atoms with Crippen molar-refractivity contribution in [1.29, 1.82) is 0 Å². The fourth-order valence-corrected chi connectivity index (χ4v) is 2.13. The van der Waals surface area contributed by atoms with E-state index in [1.165, 1.54) is 16.7 Å². The second-order valence-corrected chi connectivity index (χ2v) is 5.17. The summed E-state index contributed by atoms with van der Waals surface area (Å²) >= 11 is 3.44. The van der Waals surface area contributed by atoms with Crippen LogP contribution >= 0.6 is 15.9 Å². The number of hydrogen-bond donors (Lipinski definition) is 1. The number of hydrogen-bond acceptors (Lipinski definition) is 2. The summed E-state index contributed by atoms with van der Waals surface area (Å²) in [5.74, 6) is 0.774. The maximum Gasteiger partial charge on any atom is 0.136 e. The number of ether oxygens (including phenoxy) is 1. The number of aryl methyl sites for hydroxylation is 2. The molecule has 2 aromatic rings. The van der Waals surface area contributed by atoms with Gasteiger partial charge in [-0.25, -0.2) is 0 Å². The molecule has 0 aromatic heterocycles. The van der Waals surface area contributed by atoms with Crippen molar-refractivity contribution in [3.63, 3.8) is 0 Å². The predicted octanol–water partition coefficient (Wildman–Crippen LogP) is 4.23. The van der Waals surface area contributed by atoms with Crippen molar-refractivity contribution in [3.8, 4) is 5.75 Å². The molecule has 2 nitrogen and oxygen atoms in total. The largest absolute Gasteiger partial charge is 0.488 e. The zero-order valence-corrected chi connectivity index (χ0v) is 12.1. The average Bonchev–Trinajstić information content (AvgIpc) is 2.35. The van der Waals surface area contributed by atoms with E-state index in [0.717, 1.165) is 10.2 Å². The molecule has 2 N–H and O–H groups in total. The third-order valence-corrected chi connectivity index (χ3v) is 3.73. The van der Waals surface area contributed by atoms with Gasteiger partial charge < -0.3 is 10.5 Å². The first-order chi connectivity index (χ1) is 8.58. The monoisotopic (exact) mass is 305 g/mol. The SMILES string of the molecule is Cc1ccc(C)c(COc2cccc(N)c2Br)c1. The number of nitrogen functional groups attached to an aromatic ring is 1. The molecule has 0 aliphatic heterocycles. The third kappa shape index (κ3) is 2.85. The predicted molar refractivity (Wildman–Crippen MR) is 78.8 cm³/mol. The first-order valence-corrected chi connectivity index (χ1v) is 6.60. The first kappa shape index (κ1) is 13.0. The van der Waals surface area contributed by atoms with E-state index in [1.807, 2.05) is 18.2 Å². The highest BCUT2D eigenvalue weighted by Crippen LogP contribution is 2.31. The van der Waals surface area contributed by atoms with Crippen molar-refractivity contribution >= 4 is 21.6 Å². The minimum Gasteiger partial charge on any atom is -0.488 e. The Kier molecular flexibility index (Phi) is 3.92. The maximum atomic E-state index is 5.82. The van der Waals surface area contributed by atoms with Gasteiger partial charge in [0.1, 0.15) is 12.4 Å². The summed E-state index contributed by atoms with van der Waals surface area (Å²) in [4.78, 5) is 0. The third-order valence-electron chi connectivity index (χ3n) is 2.88. The van der Waals surface area contributed by atoms with Crippen LogP contribution in [-0.2, 0) is 6.61 Å². The zero-order chi connectivity index (χ0) is 13.1. The smallest absolute Gasteiger partial charge is 0.136 e. The van der Waals surface area contributed by atoms with Crippen LogP contribution in [0.3, 0.4) is 0 Å². The van der Waals surface area contributed by atoms with Crippen LogP contribution in [0.15, 0.2) is 40.9 Å². The normalized spacial score (nSPS) is 10.4. The number of benzene rings is 2. The number of nitrogens with two attached hydrogens (primary N) is 1. The molecule has 0 spiro atoms. The van der Waals surface area contributed by atoms with E-state index in [-0.39, 0.29) is 0 Å². The van der Waals surface area contributed by atoms with E-state index in [0.29, 0.717) is 12.3 Å². The van der Waals surface area contributed by atoms with E-state index in [9.17, 15) is 0 Å². The minimum absolute atomic E-state index is 0.551. The summed E-state index contributed by atoms with van der Waals surface area (Å²) in [6, 6.07) is 12.0. The molecule has 2 rings (SSSR count). The second-order valence-electron chi connectivity index (χ2n) is 4.38. The molecule has 0 unspecified atom stereocenters. The lowest BCUT2D eigenvalue weighted by Crippen LogP contribution is -2.00. The first-order valence-electron chi connectivity index (χ1n) is 5.81. The quantitative estimate of drug-likeness (QED) is 0.861. The van der Waals surface area contributed by atoms with Gasteiger partial charge in [0.2, 0.25) is 0 Å². The molecule has 0 saturated carbocycles. The molecule has 0 atom stereocenters. The lowest BCUT2D eigenvalue weighted by Gasteiger charge is -2.11. The maximum absolute atomic E-state index is 5.82. The summed E-state index contributed by atoms with van der Waals surface area (Å²) in [5.41, 5.74) is 10.2. The summed E-state index contributed by atoms with van der Waals surface area (Å²) in [5, 5.41) is 0. The molecule has 0 radical (unpaired) electrons. The highest BCUT2D eigenvalue weighted by Gasteiger charge is 2.05. The Labute approximate surface area is 116 Å². The zero-order valence-electron chi connectivity index (χ0n) is 10.5. The van der Waals surface area contributed by atoms with Gasteiger partial charge in [0.15, 0.2) is 0 Å². The van der Waals surface area contributed by atoms with Gasteiger partial charge in [-0.05, 0) is 53.0 Å². The van der Waals surface area contributed by atoms with Gasteiger partial charge >= 0.3 is 0 Å². The van der Waals surface area contributed by atoms with Crippen molar-refractivity contribution in [3.05, 3.63) is 57.6 Å². The fourth-order valence-electron chi connectivity index (χ4n) is 1.75. The Morgan fingerprint density at radius 3 is 2.72 bits per heavy atom. The van der Waals surface area contributed by atoms with E-state index in [4.69, 9.17) is 10.5 Å². The Hall–Kier alpha value is -1.48. The van der Waals surface area contributed by atoms with E-state index >= 15 is 0 Å². The van der Waals surface area contributed by atoms with Crippen LogP contribution in [0.5, 0.6) is 5.75 Å². The van der Waals surface area contributed by atoms with Crippen molar-refractivity contribution < 1.29 is 4.74 Å². The summed E-state index contributed by atoms with van der Waals surface area (Å²) < 4.78 is 6.63. The molecule has 0 fully saturated rings. The lowest BCUT2D eigenvalue weighted by atomic mass is 10.1. The molecule has 0 aliphatic carbocycles. The molecular formula is C15H16BrNO. The van der Waals surface area contributed by atoms with E-state index < -0.39 is 0 Å². The molecule has 0 heterocycles. The van der Waals surface area contributed by atoms with Gasteiger partial charge in [-0.1, -0.05) is 29.8 Å². The van der Waals surface area contributed by atoms with Gasteiger partial charge in [-0.2, -0.15) is 0 Å². The van der Waals surface area contributed by atoms with Gasteiger partial charge in [0.05, 0.1) is 4.47 Å². The fraction of sp³-hybridized carbons (Fsp3) is 0.200. The minimum atomic E-state index is 0.551. The molecular weight excluding hydrogens is 290 g/mol. The van der Waals surface area contributed by atoms with Crippen LogP contribution in [0.4, 0.5) is 5.69 Å². The van der Waals surface area contributed by atoms with Crippen LogP contribution in [0.1, 0.15) is 16.7 Å². The molecule has 0 amide bonds. The summed E-state index contributed by atoms with van der Waals surface area (Å²) in [6.07, 6.45) is 0. The Morgan fingerprint density at radius 1 is 1.17 bits per heavy atom. The Bertz CT molecular complexity index is 564. The van der Waals surface area contributed by atoms with Gasteiger partial charge in [0.25, 0.3) is 0 Å². The topological polar surface area (TPSA) is 35.2 Å². The second kappa shape index (κ2) is 5.44. The van der Waals surface area contributed by atoms with Crippen molar-refractivity contribution in [1.82, 2.24) is 0 Å². The summed E-state index contributed by atoms with van der Waals surface area (Å²) in [6.45, 7) is 4.72. The van der Waals surface area contributed by atoms with E-state index in [2.05, 4.69) is 48.0 Å². The van der Waals surface area contributed by atoms with Crippen LogP contribution in [0.2, 0.25) is 0 Å². The molecule has 0 aliphatic rings. The van der Waals surface area contributed by atoms with Crippen LogP contribution < -0.4 is 10.5 Å². The van der Waals surface area contributed by atoms with Gasteiger partial charge in [-0.3, -0.25) is 0 Å². The van der Waals surface area contributed by atoms with Crippen LogP contribution in [0.25, 0.3) is 0 Å². The molecule has 3 heteroatoms. The van der Waals surface area contributed by atoms with Crippen molar-refractivity contribution in [2.45, 2.75) is 20.5 Å². The number of rotatable bonds is 3. The highest BCUT2D eigenvalue weighted by molar-refractivity contribution is 9.10. The van der Waals surface area contributed by atoms with Gasteiger partial charge in [-0.15, -0.1) is 0 Å². The molecule has 94 valence electrons. The number of halogens is 1. The molecule has 0 saturated heterocycles. The Morgan fingerprint density at radius 2 is 1.94 bits per heavy atom. The highest BCUT2D eigenvalue weighted by atomic mass is 79.9. The molecule has 18 heavy (non-hydrogen) atoms. The lowest BCUT2D eigenvalue weighted by molar-refractivity contribution is 0.303. The van der Waals surface area contributed by atoms with E-state index in [1.54, 1.807) is 0 Å². The van der Waals surface area contributed by atoms with Crippen molar-refractivity contribution in [2.24, 2.45) is 0 Å². The number of anilines is 1. The Balaban J connectivity index is 2.16. The standard InChI is InChI=1S/C15H16BrNO/c1-10-6-7-11(2)12(8-10)9-18-14-5-3-4-13(17)15(14)16/h3-8H,9,17H2,1-2H3. The molecule has 2 aromatic carbocycles. The van der Waals surface area contributed by atoms with Crippen LogP contribution in [0, 0.1) is 13.8 Å².